The summed E-state index contributed by atoms with van der Waals surface area (Å²) < 4.78 is 11.1. The van der Waals surface area contributed by atoms with E-state index in [4.69, 9.17) is 26.2 Å². The molecule has 5 nitrogen and oxygen atoms in total. The quantitative estimate of drug-likeness (QED) is 0.797. The molecule has 0 amide bonds. The van der Waals surface area contributed by atoms with Gasteiger partial charge in [0.15, 0.2) is 0 Å². The maximum absolute atomic E-state index is 8.04. The van der Waals surface area contributed by atoms with E-state index >= 15 is 0 Å². The molecule has 1 aliphatic carbocycles. The maximum Gasteiger partial charge on any atom is 0.216 e. The number of aliphatic hydroxyl groups excluding tert-OH is 1. The Morgan fingerprint density at radius 3 is 2.54 bits per heavy atom. The van der Waals surface area contributed by atoms with Gasteiger partial charge in [-0.1, -0.05) is 11.6 Å². The van der Waals surface area contributed by atoms with Crippen LogP contribution in [0.15, 0.2) is 42.4 Å². The van der Waals surface area contributed by atoms with Gasteiger partial charge in [0.2, 0.25) is 5.88 Å². The first-order valence-electron chi connectivity index (χ1n) is 7.77. The van der Waals surface area contributed by atoms with E-state index in [1.54, 1.807) is 24.5 Å². The summed E-state index contributed by atoms with van der Waals surface area (Å²) >= 11 is 5.78. The van der Waals surface area contributed by atoms with E-state index in [1.807, 2.05) is 19.9 Å². The summed E-state index contributed by atoms with van der Waals surface area (Å²) in [5.41, 5.74) is 2.96. The number of pyridine rings is 2. The highest BCUT2D eigenvalue weighted by atomic mass is 35.5. The van der Waals surface area contributed by atoms with Crippen molar-refractivity contribution in [1.29, 1.82) is 0 Å². The lowest BCUT2D eigenvalue weighted by Crippen LogP contribution is -2.01. The summed E-state index contributed by atoms with van der Waals surface area (Å²) in [6, 6.07) is 5.41. The van der Waals surface area contributed by atoms with Crippen molar-refractivity contribution in [2.75, 3.05) is 6.61 Å². The molecule has 0 unspecified atom stereocenters. The fraction of sp³-hybridized carbons (Fsp3) is 0.333. The van der Waals surface area contributed by atoms with Crippen molar-refractivity contribution in [3.63, 3.8) is 0 Å². The van der Waals surface area contributed by atoms with Gasteiger partial charge in [0.05, 0.1) is 23.6 Å². The van der Waals surface area contributed by atoms with Crippen LogP contribution in [0.4, 0.5) is 0 Å². The molecule has 2 aromatic heterocycles. The highest BCUT2D eigenvalue weighted by Gasteiger charge is 2.08. The third kappa shape index (κ3) is 6.08. The van der Waals surface area contributed by atoms with Crippen molar-refractivity contribution in [3.8, 4) is 11.6 Å². The smallest absolute Gasteiger partial charge is 0.216 e. The van der Waals surface area contributed by atoms with Crippen molar-refractivity contribution in [2.45, 2.75) is 33.3 Å². The number of hydrogen-bond donors (Lipinski definition) is 1. The van der Waals surface area contributed by atoms with Crippen molar-refractivity contribution in [3.05, 3.63) is 58.7 Å². The van der Waals surface area contributed by atoms with Gasteiger partial charge < -0.3 is 14.6 Å². The van der Waals surface area contributed by atoms with E-state index in [9.17, 15) is 0 Å². The molecule has 0 aliphatic heterocycles. The zero-order chi connectivity index (χ0) is 17.4. The number of aliphatic hydroxyl groups is 1. The van der Waals surface area contributed by atoms with E-state index in [0.29, 0.717) is 24.1 Å². The van der Waals surface area contributed by atoms with Crippen LogP contribution in [0, 0.1) is 6.92 Å². The van der Waals surface area contributed by atoms with Crippen molar-refractivity contribution in [1.82, 2.24) is 9.97 Å². The minimum Gasteiger partial charge on any atom is -0.516 e. The molecule has 1 N–H and O–H groups in total. The molecule has 2 heterocycles. The molecule has 2 aromatic rings. The number of rotatable bonds is 5. The van der Waals surface area contributed by atoms with Crippen LogP contribution in [-0.4, -0.2) is 21.7 Å². The van der Waals surface area contributed by atoms with Gasteiger partial charge in [-0.15, -0.1) is 0 Å². The van der Waals surface area contributed by atoms with E-state index < -0.39 is 0 Å². The molecule has 0 saturated heterocycles. The second kappa shape index (κ2) is 9.13. The molecule has 1 saturated carbocycles. The number of halogens is 1. The van der Waals surface area contributed by atoms with E-state index in [1.165, 1.54) is 11.8 Å². The Morgan fingerprint density at radius 1 is 1.21 bits per heavy atom. The second-order valence-corrected chi connectivity index (χ2v) is 5.70. The molecule has 128 valence electrons. The third-order valence-electron chi connectivity index (χ3n) is 3.21. The predicted molar refractivity (Wildman–Crippen MR) is 93.7 cm³/mol. The van der Waals surface area contributed by atoms with Crippen LogP contribution in [0.5, 0.6) is 11.6 Å². The molecule has 1 fully saturated rings. The van der Waals surface area contributed by atoms with Crippen LogP contribution in [0.1, 0.15) is 31.0 Å². The number of hydrogen-bond acceptors (Lipinski definition) is 5. The lowest BCUT2D eigenvalue weighted by Gasteiger charge is -2.10. The number of aryl methyl sites for hydroxylation is 1. The highest BCUT2D eigenvalue weighted by molar-refractivity contribution is 6.30. The minimum atomic E-state index is 0.383. The maximum atomic E-state index is 8.04. The first kappa shape index (κ1) is 18.1. The van der Waals surface area contributed by atoms with Gasteiger partial charge in [-0.3, -0.25) is 4.98 Å². The molecule has 0 bridgehead atoms. The molecular formula is C18H21ClN2O3. The van der Waals surface area contributed by atoms with Crippen LogP contribution in [0.3, 0.4) is 0 Å². The summed E-state index contributed by atoms with van der Waals surface area (Å²) in [4.78, 5) is 8.34. The van der Waals surface area contributed by atoms with Gasteiger partial charge in [-0.2, -0.15) is 0 Å². The van der Waals surface area contributed by atoms with Gasteiger partial charge in [-0.25, -0.2) is 4.98 Å². The molecule has 0 radical (unpaired) electrons. The predicted octanol–water partition coefficient (Wildman–Crippen LogP) is 4.64. The number of nitrogens with zero attached hydrogens (tertiary/aromatic N) is 2. The molecule has 6 heteroatoms. The first-order chi connectivity index (χ1) is 11.6. The summed E-state index contributed by atoms with van der Waals surface area (Å²) in [7, 11) is 0. The summed E-state index contributed by atoms with van der Waals surface area (Å²) in [5.74, 6) is 1.31. The number of aromatic nitrogens is 2. The summed E-state index contributed by atoms with van der Waals surface area (Å²) in [6.45, 7) is 4.81. The minimum absolute atomic E-state index is 0.383. The van der Waals surface area contributed by atoms with Crippen molar-refractivity contribution >= 4 is 11.6 Å². The van der Waals surface area contributed by atoms with Crippen LogP contribution < -0.4 is 9.47 Å². The average molecular weight is 349 g/mol. The van der Waals surface area contributed by atoms with E-state index in [-0.39, 0.29) is 0 Å². The second-order valence-electron chi connectivity index (χ2n) is 5.26. The fourth-order valence-corrected chi connectivity index (χ4v) is 1.83. The third-order valence-corrected chi connectivity index (χ3v) is 3.43. The largest absolute Gasteiger partial charge is 0.516 e. The molecule has 0 atom stereocenters. The normalized spacial score (nSPS) is 12.0. The Hall–Kier alpha value is -2.27. The zero-order valence-corrected chi connectivity index (χ0v) is 14.6. The average Bonchev–Trinajstić information content (AvgIpc) is 3.42. The van der Waals surface area contributed by atoms with Gasteiger partial charge in [0, 0.05) is 24.0 Å². The Balaban J connectivity index is 0.000000355. The van der Waals surface area contributed by atoms with Gasteiger partial charge in [0.1, 0.15) is 12.4 Å². The monoisotopic (exact) mass is 348 g/mol. The summed E-state index contributed by atoms with van der Waals surface area (Å²) in [6.07, 6.45) is 6.77. The first-order valence-corrected chi connectivity index (χ1v) is 8.15. The van der Waals surface area contributed by atoms with Crippen molar-refractivity contribution < 1.29 is 14.6 Å². The van der Waals surface area contributed by atoms with Crippen LogP contribution in [0.2, 0.25) is 5.02 Å². The Bertz CT molecular complexity index is 681. The number of allylic oxidation sites excluding steroid dienone is 1. The lowest BCUT2D eigenvalue weighted by molar-refractivity contribution is 0.290. The molecule has 3 rings (SSSR count). The van der Waals surface area contributed by atoms with E-state index in [0.717, 1.165) is 29.8 Å². The molecule has 0 aromatic carbocycles. The van der Waals surface area contributed by atoms with Gasteiger partial charge in [-0.05, 0) is 44.4 Å². The standard InChI is InChI=1S/C14H15ClN2O2.C4H6O/c1-3-18-14-6-13(10(2)7-17-14)19-9-12-5-4-11(15)8-16-12;5-3-4-1-2-4/h4-8H,3,9H2,1-2H3;3,5H,1-2H2. The van der Waals surface area contributed by atoms with E-state index in [2.05, 4.69) is 9.97 Å². The Labute approximate surface area is 146 Å². The van der Waals surface area contributed by atoms with Gasteiger partial charge >= 0.3 is 0 Å². The zero-order valence-electron chi connectivity index (χ0n) is 13.8. The van der Waals surface area contributed by atoms with Gasteiger partial charge in [0.25, 0.3) is 0 Å². The van der Waals surface area contributed by atoms with Crippen LogP contribution in [0.25, 0.3) is 0 Å². The molecule has 0 spiro atoms. The van der Waals surface area contributed by atoms with Crippen LogP contribution in [-0.2, 0) is 6.61 Å². The number of ether oxygens (including phenoxy) is 2. The SMILES string of the molecule is CCOc1cc(OCc2ccc(Cl)cn2)c(C)cn1.OC=C1CC1. The topological polar surface area (TPSA) is 64.5 Å². The molecule has 24 heavy (non-hydrogen) atoms. The fourth-order valence-electron chi connectivity index (χ4n) is 1.71. The Morgan fingerprint density at radius 2 is 2.00 bits per heavy atom. The molecular weight excluding hydrogens is 328 g/mol. The van der Waals surface area contributed by atoms with Crippen molar-refractivity contribution in [2.24, 2.45) is 0 Å². The molecule has 1 aliphatic rings. The highest BCUT2D eigenvalue weighted by Crippen LogP contribution is 2.26. The lowest BCUT2D eigenvalue weighted by atomic mass is 10.3. The van der Waals surface area contributed by atoms with Crippen LogP contribution >= 0.6 is 11.6 Å². The Kier molecular flexibility index (Phi) is 6.88. The summed E-state index contributed by atoms with van der Waals surface area (Å²) in [5, 5.41) is 8.66.